The van der Waals surface area contributed by atoms with Crippen molar-refractivity contribution in [2.75, 3.05) is 36.0 Å². The van der Waals surface area contributed by atoms with Crippen molar-refractivity contribution in [2.45, 2.75) is 26.7 Å². The molecular weight excluding hydrogens is 359 g/mol. The van der Waals surface area contributed by atoms with Crippen molar-refractivity contribution in [1.29, 1.82) is 0 Å². The minimum atomic E-state index is -0.270. The van der Waals surface area contributed by atoms with Gasteiger partial charge in [0.05, 0.1) is 5.69 Å². The van der Waals surface area contributed by atoms with Crippen LogP contribution in [0, 0.1) is 17.7 Å². The Hall–Kier alpha value is -2.84. The van der Waals surface area contributed by atoms with Gasteiger partial charge in [-0.1, -0.05) is 13.8 Å². The SMILES string of the molecule is CCc1ncnc(N2CC3CN(c4ccc5nnc(CC)n5n4)CC3C2)c1F. The zero-order valence-corrected chi connectivity index (χ0v) is 16.1. The summed E-state index contributed by atoms with van der Waals surface area (Å²) < 4.78 is 16.5. The summed E-state index contributed by atoms with van der Waals surface area (Å²) in [6.07, 6.45) is 2.84. The molecule has 0 aliphatic carbocycles. The van der Waals surface area contributed by atoms with E-state index in [2.05, 4.69) is 36.9 Å². The topological polar surface area (TPSA) is 75.3 Å². The molecule has 9 heteroatoms. The molecule has 2 unspecified atom stereocenters. The second-order valence-corrected chi connectivity index (χ2v) is 7.57. The fourth-order valence-corrected chi connectivity index (χ4v) is 4.43. The van der Waals surface area contributed by atoms with E-state index in [0.29, 0.717) is 29.8 Å². The first-order valence-electron chi connectivity index (χ1n) is 9.88. The van der Waals surface area contributed by atoms with Crippen LogP contribution in [-0.4, -0.2) is 56.0 Å². The molecule has 5 rings (SSSR count). The minimum absolute atomic E-state index is 0.270. The van der Waals surface area contributed by atoms with Gasteiger partial charge < -0.3 is 9.80 Å². The molecule has 2 fully saturated rings. The summed E-state index contributed by atoms with van der Waals surface area (Å²) in [5, 5.41) is 13.1. The van der Waals surface area contributed by atoms with Crippen LogP contribution in [0.5, 0.6) is 0 Å². The van der Waals surface area contributed by atoms with Gasteiger partial charge in [-0.15, -0.1) is 15.3 Å². The van der Waals surface area contributed by atoms with Crippen LogP contribution < -0.4 is 9.80 Å². The number of nitrogens with zero attached hydrogens (tertiary/aromatic N) is 8. The fraction of sp³-hybridized carbons (Fsp3) is 0.526. The normalized spacial score (nSPS) is 21.7. The van der Waals surface area contributed by atoms with Gasteiger partial charge in [-0.25, -0.2) is 14.4 Å². The Morgan fingerprint density at radius 1 is 0.964 bits per heavy atom. The number of halogens is 1. The van der Waals surface area contributed by atoms with E-state index < -0.39 is 0 Å². The van der Waals surface area contributed by atoms with Gasteiger partial charge in [-0.05, 0) is 18.6 Å². The molecule has 146 valence electrons. The van der Waals surface area contributed by atoms with Crippen LogP contribution in [0.3, 0.4) is 0 Å². The predicted octanol–water partition coefficient (Wildman–Crippen LogP) is 1.75. The Labute approximate surface area is 162 Å². The van der Waals surface area contributed by atoms with Crippen LogP contribution in [0.2, 0.25) is 0 Å². The van der Waals surface area contributed by atoms with Crippen molar-refractivity contribution in [2.24, 2.45) is 11.8 Å². The largest absolute Gasteiger partial charge is 0.354 e. The van der Waals surface area contributed by atoms with Crippen molar-refractivity contribution < 1.29 is 4.39 Å². The zero-order chi connectivity index (χ0) is 19.3. The second-order valence-electron chi connectivity index (χ2n) is 7.57. The molecule has 0 N–H and O–H groups in total. The number of fused-ring (bicyclic) bond motifs is 2. The Morgan fingerprint density at radius 2 is 1.71 bits per heavy atom. The van der Waals surface area contributed by atoms with E-state index in [9.17, 15) is 4.39 Å². The number of rotatable bonds is 4. The Balaban J connectivity index is 1.34. The summed E-state index contributed by atoms with van der Waals surface area (Å²) in [5.41, 5.74) is 1.26. The molecule has 5 heterocycles. The maximum Gasteiger partial charge on any atom is 0.187 e. The van der Waals surface area contributed by atoms with Crippen LogP contribution >= 0.6 is 0 Å². The third-order valence-corrected chi connectivity index (χ3v) is 5.92. The third kappa shape index (κ3) is 2.68. The average molecular weight is 382 g/mol. The molecule has 2 saturated heterocycles. The quantitative estimate of drug-likeness (QED) is 0.680. The zero-order valence-electron chi connectivity index (χ0n) is 16.1. The van der Waals surface area contributed by atoms with Gasteiger partial charge in [0.2, 0.25) is 0 Å². The van der Waals surface area contributed by atoms with E-state index in [-0.39, 0.29) is 5.82 Å². The second kappa shape index (κ2) is 6.65. The number of aryl methyl sites for hydroxylation is 2. The standard InChI is InChI=1S/C19H23FN8/c1-3-14-18(20)19(22-11-21-14)27-9-12-7-26(8-13(12)10-27)17-6-5-16-24-23-15(4-2)28(16)25-17/h5-6,11-13H,3-4,7-10H2,1-2H3. The molecule has 2 atom stereocenters. The maximum atomic E-state index is 14.6. The minimum Gasteiger partial charge on any atom is -0.354 e. The van der Waals surface area contributed by atoms with E-state index in [0.717, 1.165) is 49.9 Å². The molecular formula is C19H23FN8. The van der Waals surface area contributed by atoms with Crippen molar-refractivity contribution >= 4 is 17.3 Å². The van der Waals surface area contributed by atoms with Gasteiger partial charge >= 0.3 is 0 Å². The predicted molar refractivity (Wildman–Crippen MR) is 103 cm³/mol. The van der Waals surface area contributed by atoms with E-state index in [1.165, 1.54) is 6.33 Å². The van der Waals surface area contributed by atoms with Crippen molar-refractivity contribution in [3.63, 3.8) is 0 Å². The highest BCUT2D eigenvalue weighted by Crippen LogP contribution is 2.36. The Bertz CT molecular complexity index is 1000. The van der Waals surface area contributed by atoms with Crippen LogP contribution in [0.4, 0.5) is 16.0 Å². The molecule has 0 bridgehead atoms. The highest BCUT2D eigenvalue weighted by atomic mass is 19.1. The number of aromatic nitrogens is 6. The van der Waals surface area contributed by atoms with Crippen molar-refractivity contribution in [3.8, 4) is 0 Å². The summed E-state index contributed by atoms with van der Waals surface area (Å²) in [5.74, 6) is 2.95. The van der Waals surface area contributed by atoms with Crippen LogP contribution in [0.1, 0.15) is 25.4 Å². The molecule has 0 spiro atoms. The highest BCUT2D eigenvalue weighted by molar-refractivity contribution is 5.48. The van der Waals surface area contributed by atoms with Gasteiger partial charge in [0.25, 0.3) is 0 Å². The van der Waals surface area contributed by atoms with Crippen LogP contribution in [-0.2, 0) is 12.8 Å². The average Bonchev–Trinajstić information content (AvgIpc) is 3.40. The van der Waals surface area contributed by atoms with Crippen molar-refractivity contribution in [1.82, 2.24) is 29.8 Å². The van der Waals surface area contributed by atoms with E-state index in [1.54, 1.807) is 0 Å². The summed E-state index contributed by atoms with van der Waals surface area (Å²) in [6, 6.07) is 3.98. The number of hydrogen-bond donors (Lipinski definition) is 0. The first kappa shape index (κ1) is 17.3. The first-order chi connectivity index (χ1) is 13.7. The lowest BCUT2D eigenvalue weighted by Gasteiger charge is -2.23. The monoisotopic (exact) mass is 382 g/mol. The summed E-state index contributed by atoms with van der Waals surface area (Å²) >= 11 is 0. The van der Waals surface area contributed by atoms with E-state index in [4.69, 9.17) is 5.10 Å². The molecule has 0 aromatic carbocycles. The van der Waals surface area contributed by atoms with Gasteiger partial charge in [-0.3, -0.25) is 0 Å². The molecule has 28 heavy (non-hydrogen) atoms. The van der Waals surface area contributed by atoms with Crippen molar-refractivity contribution in [3.05, 3.63) is 35.8 Å². The van der Waals surface area contributed by atoms with Crippen LogP contribution in [0.25, 0.3) is 5.65 Å². The molecule has 0 saturated carbocycles. The van der Waals surface area contributed by atoms with Gasteiger partial charge in [0.1, 0.15) is 12.1 Å². The van der Waals surface area contributed by atoms with E-state index >= 15 is 0 Å². The lowest BCUT2D eigenvalue weighted by molar-refractivity contribution is 0.533. The number of hydrogen-bond acceptors (Lipinski definition) is 7. The van der Waals surface area contributed by atoms with Gasteiger partial charge in [0, 0.05) is 44.4 Å². The molecule has 0 radical (unpaired) electrons. The Kier molecular flexibility index (Phi) is 4.10. The lowest BCUT2D eigenvalue weighted by Crippen LogP contribution is -2.30. The molecule has 2 aliphatic heterocycles. The summed E-state index contributed by atoms with van der Waals surface area (Å²) in [7, 11) is 0. The molecule has 3 aromatic heterocycles. The number of anilines is 2. The maximum absolute atomic E-state index is 14.6. The molecule has 8 nitrogen and oxygen atoms in total. The van der Waals surface area contributed by atoms with Gasteiger partial charge in [-0.2, -0.15) is 4.52 Å². The third-order valence-electron chi connectivity index (χ3n) is 5.92. The smallest absolute Gasteiger partial charge is 0.187 e. The van der Waals surface area contributed by atoms with Crippen LogP contribution in [0.15, 0.2) is 18.5 Å². The first-order valence-corrected chi connectivity index (χ1v) is 9.88. The lowest BCUT2D eigenvalue weighted by atomic mass is 10.0. The molecule has 0 amide bonds. The van der Waals surface area contributed by atoms with Gasteiger partial charge in [0.15, 0.2) is 23.1 Å². The summed E-state index contributed by atoms with van der Waals surface area (Å²) in [6.45, 7) is 7.42. The fourth-order valence-electron chi connectivity index (χ4n) is 4.43. The summed E-state index contributed by atoms with van der Waals surface area (Å²) in [4.78, 5) is 12.7. The van der Waals surface area contributed by atoms with E-state index in [1.807, 2.05) is 23.6 Å². The molecule has 2 aliphatic rings. The Morgan fingerprint density at radius 3 is 2.43 bits per heavy atom. The molecule has 3 aromatic rings. The highest BCUT2D eigenvalue weighted by Gasteiger charge is 2.41.